The molecule has 0 bridgehead atoms. The molecule has 1 fully saturated rings. The third-order valence-electron chi connectivity index (χ3n) is 3.29. The second-order valence-electron chi connectivity index (χ2n) is 4.61. The van der Waals surface area contributed by atoms with Gasteiger partial charge in [-0.15, -0.1) is 0 Å². The number of hydrogen-bond acceptors (Lipinski definition) is 4. The highest BCUT2D eigenvalue weighted by Crippen LogP contribution is 2.21. The summed E-state index contributed by atoms with van der Waals surface area (Å²) in [6, 6.07) is 0.0318. The molecule has 1 aliphatic rings. The molecule has 1 saturated heterocycles. The highest BCUT2D eigenvalue weighted by molar-refractivity contribution is 7.86. The first-order valence-electron chi connectivity index (χ1n) is 6.19. The van der Waals surface area contributed by atoms with Crippen LogP contribution >= 0.6 is 0 Å². The Morgan fingerprint density at radius 1 is 1.44 bits per heavy atom. The Kier molecular flexibility index (Phi) is 5.55. The van der Waals surface area contributed by atoms with Gasteiger partial charge < -0.3 is 4.74 Å². The summed E-state index contributed by atoms with van der Waals surface area (Å²) in [5, 5.41) is 0. The zero-order chi connectivity index (χ0) is 13.8. The van der Waals surface area contributed by atoms with E-state index in [0.717, 1.165) is 19.3 Å². The summed E-state index contributed by atoms with van der Waals surface area (Å²) >= 11 is 0. The molecule has 0 aromatic carbocycles. The van der Waals surface area contributed by atoms with Gasteiger partial charge in [-0.1, -0.05) is 6.42 Å². The Balaban J connectivity index is 2.64. The Morgan fingerprint density at radius 2 is 2.11 bits per heavy atom. The smallest absolute Gasteiger partial charge is 0.306 e. The van der Waals surface area contributed by atoms with Crippen molar-refractivity contribution < 1.29 is 17.9 Å². The molecule has 1 aliphatic heterocycles. The quantitative estimate of drug-likeness (QED) is 0.691. The standard InChI is InChI=1S/C11H22N2O4S/c1-10-6-4-5-8-13(10)18(15,16)12(2)9-7-11(14)17-3/h10H,4-9H2,1-3H3. The van der Waals surface area contributed by atoms with E-state index in [0.29, 0.717) is 6.54 Å². The topological polar surface area (TPSA) is 66.9 Å². The Hall–Kier alpha value is -0.660. The Bertz CT molecular complexity index is 383. The molecule has 106 valence electrons. The molecular formula is C11H22N2O4S. The molecule has 6 nitrogen and oxygen atoms in total. The second-order valence-corrected chi connectivity index (χ2v) is 6.60. The maximum Gasteiger partial charge on any atom is 0.306 e. The van der Waals surface area contributed by atoms with E-state index in [4.69, 9.17) is 0 Å². The SMILES string of the molecule is COC(=O)CCN(C)S(=O)(=O)N1CCCCC1C. The molecule has 0 saturated carbocycles. The summed E-state index contributed by atoms with van der Waals surface area (Å²) in [5.74, 6) is -0.399. The van der Waals surface area contributed by atoms with Crippen LogP contribution < -0.4 is 0 Å². The van der Waals surface area contributed by atoms with Gasteiger partial charge in [-0.2, -0.15) is 17.0 Å². The van der Waals surface area contributed by atoms with Crippen LogP contribution in [0.1, 0.15) is 32.6 Å². The van der Waals surface area contributed by atoms with Gasteiger partial charge in [-0.05, 0) is 19.8 Å². The van der Waals surface area contributed by atoms with E-state index in [1.165, 1.54) is 22.8 Å². The first kappa shape index (κ1) is 15.4. The lowest BCUT2D eigenvalue weighted by molar-refractivity contribution is -0.140. The highest BCUT2D eigenvalue weighted by atomic mass is 32.2. The molecule has 0 radical (unpaired) electrons. The summed E-state index contributed by atoms with van der Waals surface area (Å²) in [5.41, 5.74) is 0. The van der Waals surface area contributed by atoms with Gasteiger partial charge in [-0.3, -0.25) is 4.79 Å². The normalized spacial score (nSPS) is 22.1. The van der Waals surface area contributed by atoms with Crippen molar-refractivity contribution in [2.24, 2.45) is 0 Å². The van der Waals surface area contributed by atoms with E-state index in [2.05, 4.69) is 4.74 Å². The van der Waals surface area contributed by atoms with Crippen LogP contribution in [0, 0.1) is 0 Å². The zero-order valence-corrected chi connectivity index (χ0v) is 12.1. The molecule has 0 aliphatic carbocycles. The minimum Gasteiger partial charge on any atom is -0.469 e. The maximum atomic E-state index is 12.3. The van der Waals surface area contributed by atoms with Gasteiger partial charge in [0.25, 0.3) is 10.2 Å². The van der Waals surface area contributed by atoms with Gasteiger partial charge in [0.1, 0.15) is 0 Å². The van der Waals surface area contributed by atoms with Crippen LogP contribution in [0.5, 0.6) is 0 Å². The van der Waals surface area contributed by atoms with Crippen molar-refractivity contribution in [2.75, 3.05) is 27.2 Å². The summed E-state index contributed by atoms with van der Waals surface area (Å²) in [6.45, 7) is 2.63. The van der Waals surface area contributed by atoms with Crippen molar-refractivity contribution in [1.82, 2.24) is 8.61 Å². The Morgan fingerprint density at radius 3 is 2.67 bits per heavy atom. The van der Waals surface area contributed by atoms with Crippen molar-refractivity contribution in [3.63, 3.8) is 0 Å². The van der Waals surface area contributed by atoms with E-state index in [1.54, 1.807) is 0 Å². The predicted octanol–water partition coefficient (Wildman–Crippen LogP) is 0.600. The molecule has 0 aromatic rings. The fourth-order valence-corrected chi connectivity index (χ4v) is 3.66. The summed E-state index contributed by atoms with van der Waals surface area (Å²) in [7, 11) is -0.661. The molecule has 1 heterocycles. The summed E-state index contributed by atoms with van der Waals surface area (Å²) in [4.78, 5) is 11.0. The largest absolute Gasteiger partial charge is 0.469 e. The number of esters is 1. The molecule has 18 heavy (non-hydrogen) atoms. The van der Waals surface area contributed by atoms with E-state index in [9.17, 15) is 13.2 Å². The molecule has 1 atom stereocenters. The maximum absolute atomic E-state index is 12.3. The first-order valence-corrected chi connectivity index (χ1v) is 7.59. The van der Waals surface area contributed by atoms with Crippen molar-refractivity contribution in [2.45, 2.75) is 38.6 Å². The zero-order valence-electron chi connectivity index (χ0n) is 11.3. The van der Waals surface area contributed by atoms with Crippen molar-refractivity contribution in [1.29, 1.82) is 0 Å². The average Bonchev–Trinajstić information content (AvgIpc) is 2.35. The number of carbonyl (C=O) groups is 1. The molecule has 0 aromatic heterocycles. The monoisotopic (exact) mass is 278 g/mol. The highest BCUT2D eigenvalue weighted by Gasteiger charge is 2.32. The van der Waals surface area contributed by atoms with Gasteiger partial charge in [0.2, 0.25) is 0 Å². The van der Waals surface area contributed by atoms with Crippen molar-refractivity contribution >= 4 is 16.2 Å². The number of nitrogens with zero attached hydrogens (tertiary/aromatic N) is 2. The minimum atomic E-state index is -3.46. The fourth-order valence-electron chi connectivity index (χ4n) is 2.06. The molecule has 7 heteroatoms. The number of carbonyl (C=O) groups excluding carboxylic acids is 1. The van der Waals surface area contributed by atoms with E-state index in [-0.39, 0.29) is 19.0 Å². The van der Waals surface area contributed by atoms with E-state index < -0.39 is 16.2 Å². The van der Waals surface area contributed by atoms with Gasteiger partial charge in [-0.25, -0.2) is 0 Å². The van der Waals surface area contributed by atoms with Gasteiger partial charge in [0.05, 0.1) is 13.5 Å². The molecule has 1 unspecified atom stereocenters. The molecular weight excluding hydrogens is 256 g/mol. The minimum absolute atomic E-state index is 0.0318. The van der Waals surface area contributed by atoms with Crippen LogP contribution in [0.25, 0.3) is 0 Å². The Labute approximate surface area is 109 Å². The number of ether oxygens (including phenoxy) is 1. The predicted molar refractivity (Wildman–Crippen MR) is 68.2 cm³/mol. The number of hydrogen-bond donors (Lipinski definition) is 0. The van der Waals surface area contributed by atoms with E-state index >= 15 is 0 Å². The van der Waals surface area contributed by atoms with Crippen molar-refractivity contribution in [3.05, 3.63) is 0 Å². The van der Waals surface area contributed by atoms with Crippen LogP contribution in [-0.4, -0.2) is 56.3 Å². The molecule has 0 N–H and O–H groups in total. The molecule has 1 rings (SSSR count). The molecule has 0 amide bonds. The second kappa shape index (κ2) is 6.49. The van der Waals surface area contributed by atoms with Crippen LogP contribution in [0.2, 0.25) is 0 Å². The third-order valence-corrected chi connectivity index (χ3v) is 5.40. The van der Waals surface area contributed by atoms with Gasteiger partial charge in [0.15, 0.2) is 0 Å². The lowest BCUT2D eigenvalue weighted by Crippen LogP contribution is -2.48. The van der Waals surface area contributed by atoms with E-state index in [1.807, 2.05) is 6.92 Å². The van der Waals surface area contributed by atoms with Crippen LogP contribution in [0.15, 0.2) is 0 Å². The average molecular weight is 278 g/mol. The van der Waals surface area contributed by atoms with Gasteiger partial charge >= 0.3 is 5.97 Å². The number of methoxy groups -OCH3 is 1. The first-order chi connectivity index (χ1) is 8.39. The molecule has 0 spiro atoms. The fraction of sp³-hybridized carbons (Fsp3) is 0.909. The van der Waals surface area contributed by atoms with Crippen LogP contribution in [-0.2, 0) is 19.7 Å². The lowest BCUT2D eigenvalue weighted by atomic mass is 10.1. The number of piperidine rings is 1. The van der Waals surface area contributed by atoms with Gasteiger partial charge in [0, 0.05) is 26.2 Å². The van der Waals surface area contributed by atoms with Crippen molar-refractivity contribution in [3.8, 4) is 0 Å². The lowest BCUT2D eigenvalue weighted by Gasteiger charge is -2.35. The van der Waals surface area contributed by atoms with Crippen LogP contribution in [0.4, 0.5) is 0 Å². The number of rotatable bonds is 5. The third kappa shape index (κ3) is 3.66. The van der Waals surface area contributed by atoms with Crippen LogP contribution in [0.3, 0.4) is 0 Å². The summed E-state index contributed by atoms with van der Waals surface area (Å²) in [6.07, 6.45) is 2.94. The summed E-state index contributed by atoms with van der Waals surface area (Å²) < 4.78 is 31.8.